The SMILES string of the molecule is CCOC(=O)Cn1c2c(c3cc(F)ccc31)C[C@@H](NC(=O)Cc1cccc(C(F)(F)F)c1)CC2. The van der Waals surface area contributed by atoms with E-state index < -0.39 is 17.6 Å². The molecule has 0 unspecified atom stereocenters. The maximum absolute atomic E-state index is 14.0. The van der Waals surface area contributed by atoms with Crippen LogP contribution in [0.4, 0.5) is 17.6 Å². The second-order valence-electron chi connectivity index (χ2n) is 8.36. The monoisotopic (exact) mass is 476 g/mol. The fraction of sp³-hybridized carbons (Fsp3) is 0.360. The molecule has 3 aromatic rings. The molecule has 180 valence electrons. The van der Waals surface area contributed by atoms with Crippen LogP contribution in [-0.2, 0) is 46.3 Å². The molecule has 0 bridgehead atoms. The summed E-state index contributed by atoms with van der Waals surface area (Å²) < 4.78 is 59.8. The van der Waals surface area contributed by atoms with Crippen LogP contribution < -0.4 is 5.32 Å². The quantitative estimate of drug-likeness (QED) is 0.419. The first kappa shape index (κ1) is 23.8. The van der Waals surface area contributed by atoms with Crippen LogP contribution in [0.3, 0.4) is 0 Å². The largest absolute Gasteiger partial charge is 0.465 e. The molecule has 0 saturated carbocycles. The maximum atomic E-state index is 14.0. The molecule has 0 saturated heterocycles. The van der Waals surface area contributed by atoms with Gasteiger partial charge in [-0.3, -0.25) is 9.59 Å². The third-order valence-corrected chi connectivity index (χ3v) is 6.01. The molecular formula is C25H24F4N2O3. The lowest BCUT2D eigenvalue weighted by Crippen LogP contribution is -2.39. The van der Waals surface area contributed by atoms with Crippen molar-refractivity contribution in [2.24, 2.45) is 0 Å². The number of hydrogen-bond donors (Lipinski definition) is 1. The van der Waals surface area contributed by atoms with Gasteiger partial charge in [0, 0.05) is 22.6 Å². The van der Waals surface area contributed by atoms with Crippen molar-refractivity contribution < 1.29 is 31.9 Å². The number of carbonyl (C=O) groups excluding carboxylic acids is 2. The van der Waals surface area contributed by atoms with Gasteiger partial charge in [0.05, 0.1) is 18.6 Å². The number of benzene rings is 2. The fourth-order valence-corrected chi connectivity index (χ4v) is 4.58. The van der Waals surface area contributed by atoms with Crippen molar-refractivity contribution in [1.29, 1.82) is 0 Å². The first-order valence-corrected chi connectivity index (χ1v) is 11.1. The molecule has 1 N–H and O–H groups in total. The van der Waals surface area contributed by atoms with Crippen molar-refractivity contribution in [2.75, 3.05) is 6.61 Å². The van der Waals surface area contributed by atoms with Crippen molar-refractivity contribution in [3.63, 3.8) is 0 Å². The number of nitrogens with zero attached hydrogens (tertiary/aromatic N) is 1. The average molecular weight is 476 g/mol. The summed E-state index contributed by atoms with van der Waals surface area (Å²) in [6.07, 6.45) is -3.08. The Kier molecular flexibility index (Phi) is 6.63. The van der Waals surface area contributed by atoms with E-state index in [4.69, 9.17) is 4.74 Å². The Morgan fingerprint density at radius 1 is 1.18 bits per heavy atom. The van der Waals surface area contributed by atoms with Crippen LogP contribution in [0.5, 0.6) is 0 Å². The van der Waals surface area contributed by atoms with E-state index in [2.05, 4.69) is 5.32 Å². The van der Waals surface area contributed by atoms with E-state index in [-0.39, 0.29) is 43.1 Å². The topological polar surface area (TPSA) is 60.3 Å². The highest BCUT2D eigenvalue weighted by Crippen LogP contribution is 2.33. The van der Waals surface area contributed by atoms with Gasteiger partial charge in [-0.1, -0.05) is 18.2 Å². The summed E-state index contributed by atoms with van der Waals surface area (Å²) in [6.45, 7) is 2.00. The van der Waals surface area contributed by atoms with Gasteiger partial charge < -0.3 is 14.6 Å². The molecule has 1 aliphatic rings. The van der Waals surface area contributed by atoms with Crippen LogP contribution in [0.15, 0.2) is 42.5 Å². The Hall–Kier alpha value is -3.36. The number of fused-ring (bicyclic) bond motifs is 3. The van der Waals surface area contributed by atoms with Crippen molar-refractivity contribution in [2.45, 2.75) is 51.4 Å². The Bertz CT molecular complexity index is 1230. The van der Waals surface area contributed by atoms with Crippen LogP contribution in [0.1, 0.15) is 35.7 Å². The Balaban J connectivity index is 1.52. The number of carbonyl (C=O) groups is 2. The third kappa shape index (κ3) is 5.08. The molecule has 1 aliphatic carbocycles. The number of rotatable bonds is 6. The van der Waals surface area contributed by atoms with Gasteiger partial charge in [-0.05, 0) is 61.6 Å². The van der Waals surface area contributed by atoms with Crippen molar-refractivity contribution >= 4 is 22.8 Å². The van der Waals surface area contributed by atoms with Gasteiger partial charge in [-0.15, -0.1) is 0 Å². The average Bonchev–Trinajstić information content (AvgIpc) is 3.05. The molecule has 34 heavy (non-hydrogen) atoms. The lowest BCUT2D eigenvalue weighted by atomic mass is 9.91. The summed E-state index contributed by atoms with van der Waals surface area (Å²) in [5, 5.41) is 3.58. The van der Waals surface area contributed by atoms with Crippen LogP contribution in [0, 0.1) is 5.82 Å². The molecule has 0 radical (unpaired) electrons. The van der Waals surface area contributed by atoms with E-state index >= 15 is 0 Å². The molecule has 4 rings (SSSR count). The number of aromatic nitrogens is 1. The number of ether oxygens (including phenoxy) is 1. The third-order valence-electron chi connectivity index (χ3n) is 6.01. The van der Waals surface area contributed by atoms with E-state index in [0.717, 1.165) is 28.9 Å². The zero-order valence-electron chi connectivity index (χ0n) is 18.5. The molecule has 9 heteroatoms. The first-order chi connectivity index (χ1) is 16.2. The lowest BCUT2D eigenvalue weighted by molar-refractivity contribution is -0.143. The molecule has 0 fully saturated rings. The Morgan fingerprint density at radius 2 is 1.97 bits per heavy atom. The number of amides is 1. The predicted octanol–water partition coefficient (Wildman–Crippen LogP) is 4.58. The van der Waals surface area contributed by atoms with Gasteiger partial charge in [0.2, 0.25) is 5.91 Å². The van der Waals surface area contributed by atoms with E-state index in [0.29, 0.717) is 24.6 Å². The zero-order chi connectivity index (χ0) is 24.5. The van der Waals surface area contributed by atoms with Gasteiger partial charge in [0.15, 0.2) is 0 Å². The minimum absolute atomic E-state index is 0.0118. The van der Waals surface area contributed by atoms with Gasteiger partial charge in [-0.2, -0.15) is 13.2 Å². The highest BCUT2D eigenvalue weighted by atomic mass is 19.4. The molecule has 5 nitrogen and oxygen atoms in total. The fourth-order valence-electron chi connectivity index (χ4n) is 4.58. The summed E-state index contributed by atoms with van der Waals surface area (Å²) in [4.78, 5) is 24.7. The van der Waals surface area contributed by atoms with Gasteiger partial charge in [0.25, 0.3) is 0 Å². The number of nitrogens with one attached hydrogen (secondary N) is 1. The summed E-state index contributed by atoms with van der Waals surface area (Å²) >= 11 is 0. The minimum atomic E-state index is -4.47. The molecule has 1 heterocycles. The number of hydrogen-bond acceptors (Lipinski definition) is 3. The second kappa shape index (κ2) is 9.48. The van der Waals surface area contributed by atoms with Crippen molar-refractivity contribution in [1.82, 2.24) is 9.88 Å². The molecule has 1 amide bonds. The number of alkyl halides is 3. The standard InChI is InChI=1S/C25H24F4N2O3/c1-2-34-24(33)14-31-21-8-6-17(26)12-19(21)20-13-18(7-9-22(20)31)30-23(32)11-15-4-3-5-16(10-15)25(27,28)29/h3-6,8,10,12,18H,2,7,9,11,13-14H2,1H3,(H,30,32)/t18-/m0/s1. The highest BCUT2D eigenvalue weighted by Gasteiger charge is 2.31. The smallest absolute Gasteiger partial charge is 0.416 e. The normalized spacial score (nSPS) is 15.7. The van der Waals surface area contributed by atoms with E-state index in [9.17, 15) is 27.2 Å². The zero-order valence-corrected chi connectivity index (χ0v) is 18.5. The van der Waals surface area contributed by atoms with E-state index in [1.54, 1.807) is 13.0 Å². The summed E-state index contributed by atoms with van der Waals surface area (Å²) in [5.74, 6) is -1.17. The Labute approximate surface area is 193 Å². The minimum Gasteiger partial charge on any atom is -0.465 e. The first-order valence-electron chi connectivity index (χ1n) is 11.1. The van der Waals surface area contributed by atoms with Crippen LogP contribution in [0.25, 0.3) is 10.9 Å². The van der Waals surface area contributed by atoms with Gasteiger partial charge in [-0.25, -0.2) is 4.39 Å². The molecule has 0 spiro atoms. The molecular weight excluding hydrogens is 452 g/mol. The maximum Gasteiger partial charge on any atom is 0.416 e. The number of halogens is 4. The van der Waals surface area contributed by atoms with Crippen molar-refractivity contribution in [3.05, 3.63) is 70.7 Å². The Morgan fingerprint density at radius 3 is 2.71 bits per heavy atom. The summed E-state index contributed by atoms with van der Waals surface area (Å²) in [5.41, 5.74) is 1.95. The van der Waals surface area contributed by atoms with Gasteiger partial charge in [0.1, 0.15) is 12.4 Å². The van der Waals surface area contributed by atoms with Crippen LogP contribution >= 0.6 is 0 Å². The summed E-state index contributed by atoms with van der Waals surface area (Å²) in [7, 11) is 0. The molecule has 2 aromatic carbocycles. The summed E-state index contributed by atoms with van der Waals surface area (Å²) in [6, 6.07) is 8.84. The highest BCUT2D eigenvalue weighted by molar-refractivity contribution is 5.88. The lowest BCUT2D eigenvalue weighted by Gasteiger charge is -2.25. The molecule has 1 aromatic heterocycles. The van der Waals surface area contributed by atoms with Crippen molar-refractivity contribution in [3.8, 4) is 0 Å². The predicted molar refractivity (Wildman–Crippen MR) is 118 cm³/mol. The van der Waals surface area contributed by atoms with Crippen LogP contribution in [-0.4, -0.2) is 29.1 Å². The molecule has 1 atom stereocenters. The number of esters is 1. The van der Waals surface area contributed by atoms with E-state index in [1.807, 2.05) is 4.57 Å². The van der Waals surface area contributed by atoms with E-state index in [1.165, 1.54) is 24.3 Å². The molecule has 0 aliphatic heterocycles. The van der Waals surface area contributed by atoms with Gasteiger partial charge >= 0.3 is 12.1 Å². The van der Waals surface area contributed by atoms with Crippen LogP contribution in [0.2, 0.25) is 0 Å². The second-order valence-corrected chi connectivity index (χ2v) is 8.36.